The van der Waals surface area contributed by atoms with Crippen LogP contribution in [0, 0.1) is 0 Å². The second kappa shape index (κ2) is 13.1. The first-order chi connectivity index (χ1) is 15.7. The van der Waals surface area contributed by atoms with Crippen molar-refractivity contribution in [2.24, 2.45) is 0 Å². The van der Waals surface area contributed by atoms with E-state index in [-0.39, 0.29) is 13.2 Å². The molecule has 0 unspecified atom stereocenters. The molecule has 2 N–H and O–H groups in total. The molecule has 0 atom stereocenters. The third-order valence-electron chi connectivity index (χ3n) is 6.20. The zero-order chi connectivity index (χ0) is 24.3. The topological polar surface area (TPSA) is 49.7 Å². The van der Waals surface area contributed by atoms with E-state index in [4.69, 9.17) is 4.74 Å². The number of quaternary nitrogens is 2. The molecule has 2 rings (SSSR count). The molecule has 0 amide bonds. The van der Waals surface area contributed by atoms with Gasteiger partial charge in [0.05, 0.1) is 48.0 Å². The number of hydrogen-bond acceptors (Lipinski definition) is 3. The van der Waals surface area contributed by atoms with Crippen LogP contribution in [0.1, 0.15) is 43.7 Å². The molecule has 0 aliphatic rings. The van der Waals surface area contributed by atoms with Crippen molar-refractivity contribution in [1.29, 1.82) is 0 Å². The number of likely N-dealkylation sites (N-methyl/N-ethyl adjacent to an activating group) is 2. The SMILES string of the molecule is CCCCCCOc1cc(C[N+](C)(C)CCO)ccc1-c1ccc(C[N+](C)(C)CCO)cc1. The normalized spacial score (nSPS) is 12.2. The Labute approximate surface area is 201 Å². The molecule has 0 bridgehead atoms. The average molecular weight is 459 g/mol. The summed E-state index contributed by atoms with van der Waals surface area (Å²) in [6.07, 6.45) is 4.73. The maximum absolute atomic E-state index is 9.38. The highest BCUT2D eigenvalue weighted by Crippen LogP contribution is 2.32. The summed E-state index contributed by atoms with van der Waals surface area (Å²) in [6, 6.07) is 15.3. The van der Waals surface area contributed by atoms with Crippen molar-refractivity contribution in [2.45, 2.75) is 45.7 Å². The number of hydrogen-bond donors (Lipinski definition) is 2. The Bertz CT molecular complexity index is 832. The van der Waals surface area contributed by atoms with Gasteiger partial charge in [0.15, 0.2) is 0 Å². The molecular weight excluding hydrogens is 412 g/mol. The van der Waals surface area contributed by atoms with Gasteiger partial charge in [-0.25, -0.2) is 0 Å². The molecule has 5 heteroatoms. The average Bonchev–Trinajstić information content (AvgIpc) is 2.74. The smallest absolute Gasteiger partial charge is 0.127 e. The van der Waals surface area contributed by atoms with Crippen LogP contribution in [-0.4, -0.2) is 80.3 Å². The highest BCUT2D eigenvalue weighted by atomic mass is 16.5. The number of aliphatic hydroxyl groups excluding tert-OH is 2. The lowest BCUT2D eigenvalue weighted by Crippen LogP contribution is -2.41. The fourth-order valence-electron chi connectivity index (χ4n) is 4.21. The Morgan fingerprint density at radius 2 is 1.30 bits per heavy atom. The summed E-state index contributed by atoms with van der Waals surface area (Å²) in [5.41, 5.74) is 4.77. The number of unbranched alkanes of at least 4 members (excludes halogenated alkanes) is 3. The molecule has 0 saturated carbocycles. The van der Waals surface area contributed by atoms with Gasteiger partial charge in [0.2, 0.25) is 0 Å². The highest BCUT2D eigenvalue weighted by Gasteiger charge is 2.18. The van der Waals surface area contributed by atoms with E-state index in [1.807, 2.05) is 0 Å². The summed E-state index contributed by atoms with van der Waals surface area (Å²) in [6.45, 7) is 6.54. The van der Waals surface area contributed by atoms with E-state index in [2.05, 4.69) is 77.6 Å². The van der Waals surface area contributed by atoms with Gasteiger partial charge in [0.25, 0.3) is 0 Å². The lowest BCUT2D eigenvalue weighted by atomic mass is 10.0. The lowest BCUT2D eigenvalue weighted by molar-refractivity contribution is -0.903. The summed E-state index contributed by atoms with van der Waals surface area (Å²) in [4.78, 5) is 0. The van der Waals surface area contributed by atoms with E-state index in [9.17, 15) is 10.2 Å². The summed E-state index contributed by atoms with van der Waals surface area (Å²) in [5, 5.41) is 18.7. The van der Waals surface area contributed by atoms with Crippen molar-refractivity contribution in [1.82, 2.24) is 0 Å². The first kappa shape index (κ1) is 27.3. The first-order valence-corrected chi connectivity index (χ1v) is 12.4. The van der Waals surface area contributed by atoms with E-state index >= 15 is 0 Å². The Morgan fingerprint density at radius 3 is 1.88 bits per heavy atom. The maximum Gasteiger partial charge on any atom is 0.127 e. The van der Waals surface area contributed by atoms with Crippen LogP contribution in [0.3, 0.4) is 0 Å². The molecule has 0 radical (unpaired) electrons. The molecule has 0 saturated heterocycles. The number of benzene rings is 2. The predicted octanol–water partition coefficient (Wildman–Crippen LogP) is 4.45. The summed E-state index contributed by atoms with van der Waals surface area (Å²) >= 11 is 0. The molecule has 0 heterocycles. The minimum absolute atomic E-state index is 0.187. The minimum Gasteiger partial charge on any atom is -0.493 e. The summed E-state index contributed by atoms with van der Waals surface area (Å²) in [5.74, 6) is 0.942. The first-order valence-electron chi connectivity index (χ1n) is 12.4. The van der Waals surface area contributed by atoms with Gasteiger partial charge in [0.1, 0.15) is 31.9 Å². The Balaban J connectivity index is 2.24. The third-order valence-corrected chi connectivity index (χ3v) is 6.20. The minimum atomic E-state index is 0.187. The van der Waals surface area contributed by atoms with Gasteiger partial charge in [-0.2, -0.15) is 0 Å². The van der Waals surface area contributed by atoms with Gasteiger partial charge in [-0.15, -0.1) is 0 Å². The molecular formula is C28H46N2O3+2. The number of rotatable bonds is 15. The largest absolute Gasteiger partial charge is 0.493 e. The standard InChI is InChI=1S/C28H46N2O3/c1-6-7-8-9-20-33-28-21-25(23-30(4,5)17-19-32)12-15-27(28)26-13-10-24(11-14-26)22-29(2,3)16-18-31/h10-15,21,31-32H,6-9,16-20,22-23H2,1-5H3/q+2. The van der Waals surface area contributed by atoms with Crippen LogP contribution in [0.5, 0.6) is 5.75 Å². The predicted molar refractivity (Wildman–Crippen MR) is 137 cm³/mol. The maximum atomic E-state index is 9.38. The van der Waals surface area contributed by atoms with Gasteiger partial charge in [0, 0.05) is 16.7 Å². The summed E-state index contributed by atoms with van der Waals surface area (Å²) in [7, 11) is 8.57. The van der Waals surface area contributed by atoms with Gasteiger partial charge in [-0.1, -0.05) is 62.6 Å². The van der Waals surface area contributed by atoms with Crippen LogP contribution in [0.2, 0.25) is 0 Å². The number of ether oxygens (including phenoxy) is 1. The molecule has 5 nitrogen and oxygen atoms in total. The fraction of sp³-hybridized carbons (Fsp3) is 0.571. The van der Waals surface area contributed by atoms with Gasteiger partial charge < -0.3 is 23.9 Å². The van der Waals surface area contributed by atoms with Crippen molar-refractivity contribution in [3.05, 3.63) is 53.6 Å². The molecule has 33 heavy (non-hydrogen) atoms. The zero-order valence-corrected chi connectivity index (χ0v) is 21.5. The zero-order valence-electron chi connectivity index (χ0n) is 21.5. The molecule has 0 aliphatic carbocycles. The van der Waals surface area contributed by atoms with Crippen molar-refractivity contribution in [3.8, 4) is 16.9 Å². The Morgan fingerprint density at radius 1 is 0.727 bits per heavy atom. The molecule has 184 valence electrons. The monoisotopic (exact) mass is 458 g/mol. The van der Waals surface area contributed by atoms with Gasteiger partial charge in [-0.05, 0) is 18.1 Å². The second-order valence-corrected chi connectivity index (χ2v) is 10.5. The van der Waals surface area contributed by atoms with E-state index < -0.39 is 0 Å². The van der Waals surface area contributed by atoms with Crippen LogP contribution in [0.15, 0.2) is 42.5 Å². The number of aliphatic hydroxyl groups is 2. The second-order valence-electron chi connectivity index (χ2n) is 10.5. The van der Waals surface area contributed by atoms with Crippen LogP contribution in [0.25, 0.3) is 11.1 Å². The lowest BCUT2D eigenvalue weighted by Gasteiger charge is -2.29. The van der Waals surface area contributed by atoms with Crippen molar-refractivity contribution in [2.75, 3.05) is 61.1 Å². The van der Waals surface area contributed by atoms with Gasteiger partial charge in [-0.3, -0.25) is 0 Å². The molecule has 2 aromatic carbocycles. The molecule has 0 aromatic heterocycles. The molecule has 0 fully saturated rings. The van der Waals surface area contributed by atoms with E-state index in [1.165, 1.54) is 30.4 Å². The van der Waals surface area contributed by atoms with E-state index in [0.717, 1.165) is 65.0 Å². The van der Waals surface area contributed by atoms with Crippen molar-refractivity contribution >= 4 is 0 Å². The Hall–Kier alpha value is -1.92. The van der Waals surface area contributed by atoms with Crippen LogP contribution in [0.4, 0.5) is 0 Å². The summed E-state index contributed by atoms with van der Waals surface area (Å²) < 4.78 is 7.81. The van der Waals surface area contributed by atoms with Crippen molar-refractivity contribution < 1.29 is 23.9 Å². The van der Waals surface area contributed by atoms with Crippen LogP contribution < -0.4 is 4.74 Å². The third kappa shape index (κ3) is 9.46. The van der Waals surface area contributed by atoms with Crippen LogP contribution in [-0.2, 0) is 13.1 Å². The molecule has 0 spiro atoms. The van der Waals surface area contributed by atoms with E-state index in [1.54, 1.807) is 0 Å². The molecule has 0 aliphatic heterocycles. The van der Waals surface area contributed by atoms with Crippen molar-refractivity contribution in [3.63, 3.8) is 0 Å². The van der Waals surface area contributed by atoms with Gasteiger partial charge >= 0.3 is 0 Å². The van der Waals surface area contributed by atoms with Crippen LogP contribution >= 0.6 is 0 Å². The highest BCUT2D eigenvalue weighted by molar-refractivity contribution is 5.71. The van der Waals surface area contributed by atoms with E-state index in [0.29, 0.717) is 0 Å². The Kier molecular flexibility index (Phi) is 10.8. The molecule has 2 aromatic rings. The quantitative estimate of drug-likeness (QED) is 0.306. The number of nitrogens with zero attached hydrogens (tertiary/aromatic N) is 2. The fourth-order valence-corrected chi connectivity index (χ4v) is 4.21.